The van der Waals surface area contributed by atoms with Gasteiger partial charge in [0, 0.05) is 51.7 Å². The minimum atomic E-state index is -0.619. The first-order valence-electron chi connectivity index (χ1n) is 5.79. The molecule has 0 unspecified atom stereocenters. The maximum atomic E-state index is 11.3. The van der Waals surface area contributed by atoms with Crippen LogP contribution in [0.5, 0.6) is 0 Å². The average molecular weight is 263 g/mol. The van der Waals surface area contributed by atoms with Crippen LogP contribution in [0.4, 0.5) is 0 Å². The number of carbonyl (C=O) groups excluding carboxylic acids is 2. The number of hydrogen-bond donors (Lipinski definition) is 3. The molecule has 0 aliphatic carbocycles. The predicted octanol–water partition coefficient (Wildman–Crippen LogP) is -1.64. The Bertz CT molecular complexity index is 257. The zero-order chi connectivity index (χ0) is 12.5. The van der Waals surface area contributed by atoms with Gasteiger partial charge in [-0.15, -0.1) is 11.6 Å². The van der Waals surface area contributed by atoms with Crippen LogP contribution in [0.2, 0.25) is 0 Å². The monoisotopic (exact) mass is 262 g/mol. The summed E-state index contributed by atoms with van der Waals surface area (Å²) in [4.78, 5) is 24.7. The van der Waals surface area contributed by atoms with Crippen LogP contribution in [0.15, 0.2) is 0 Å². The SMILES string of the molecule is O=C(NCCCl)C(=O)NCCN1CCNCC1. The lowest BCUT2D eigenvalue weighted by atomic mass is 10.3. The van der Waals surface area contributed by atoms with Gasteiger partial charge in [0.15, 0.2) is 0 Å². The average Bonchev–Trinajstić information content (AvgIpc) is 2.37. The molecule has 0 spiro atoms. The summed E-state index contributed by atoms with van der Waals surface area (Å²) >= 11 is 5.40. The van der Waals surface area contributed by atoms with Gasteiger partial charge in [-0.25, -0.2) is 0 Å². The maximum Gasteiger partial charge on any atom is 0.309 e. The van der Waals surface area contributed by atoms with Crippen molar-refractivity contribution in [2.75, 3.05) is 51.7 Å². The summed E-state index contributed by atoms with van der Waals surface area (Å²) in [6.07, 6.45) is 0. The van der Waals surface area contributed by atoms with Crippen LogP contribution in [0.3, 0.4) is 0 Å². The van der Waals surface area contributed by atoms with Gasteiger partial charge in [0.25, 0.3) is 0 Å². The van der Waals surface area contributed by atoms with E-state index in [9.17, 15) is 9.59 Å². The first-order valence-corrected chi connectivity index (χ1v) is 6.32. The van der Waals surface area contributed by atoms with E-state index >= 15 is 0 Å². The first kappa shape index (κ1) is 14.2. The third kappa shape index (κ3) is 5.86. The van der Waals surface area contributed by atoms with Crippen LogP contribution in [-0.2, 0) is 9.59 Å². The highest BCUT2D eigenvalue weighted by molar-refractivity contribution is 6.35. The molecule has 1 aliphatic heterocycles. The van der Waals surface area contributed by atoms with Gasteiger partial charge in [0.05, 0.1) is 0 Å². The Morgan fingerprint density at radius 1 is 1.12 bits per heavy atom. The molecule has 98 valence electrons. The van der Waals surface area contributed by atoms with E-state index in [2.05, 4.69) is 20.9 Å². The summed E-state index contributed by atoms with van der Waals surface area (Å²) in [6.45, 7) is 5.49. The van der Waals surface area contributed by atoms with Crippen molar-refractivity contribution in [3.63, 3.8) is 0 Å². The molecule has 17 heavy (non-hydrogen) atoms. The van der Waals surface area contributed by atoms with Gasteiger partial charge >= 0.3 is 11.8 Å². The molecule has 0 atom stereocenters. The Morgan fingerprint density at radius 2 is 1.71 bits per heavy atom. The maximum absolute atomic E-state index is 11.3. The number of amides is 2. The fraction of sp³-hybridized carbons (Fsp3) is 0.800. The van der Waals surface area contributed by atoms with Crippen LogP contribution in [0, 0.1) is 0 Å². The Balaban J connectivity index is 2.08. The lowest BCUT2D eigenvalue weighted by molar-refractivity contribution is -0.139. The molecule has 1 fully saturated rings. The second-order valence-electron chi connectivity index (χ2n) is 3.79. The molecule has 0 aromatic heterocycles. The van der Waals surface area contributed by atoms with E-state index in [1.54, 1.807) is 0 Å². The van der Waals surface area contributed by atoms with Gasteiger partial charge < -0.3 is 16.0 Å². The van der Waals surface area contributed by atoms with Crippen molar-refractivity contribution in [2.45, 2.75) is 0 Å². The van der Waals surface area contributed by atoms with E-state index in [0.29, 0.717) is 19.0 Å². The lowest BCUT2D eigenvalue weighted by Gasteiger charge is -2.26. The predicted molar refractivity (Wildman–Crippen MR) is 66.0 cm³/mol. The summed E-state index contributed by atoms with van der Waals surface area (Å²) in [5, 5.41) is 8.25. The third-order valence-electron chi connectivity index (χ3n) is 2.51. The molecule has 6 nitrogen and oxygen atoms in total. The van der Waals surface area contributed by atoms with Crippen molar-refractivity contribution >= 4 is 23.4 Å². The summed E-state index contributed by atoms with van der Waals surface area (Å²) in [5.41, 5.74) is 0. The van der Waals surface area contributed by atoms with Crippen LogP contribution in [0.1, 0.15) is 0 Å². The highest BCUT2D eigenvalue weighted by Crippen LogP contribution is 1.89. The Hall–Kier alpha value is -0.850. The molecular formula is C10H19ClN4O2. The number of rotatable bonds is 5. The molecular weight excluding hydrogens is 244 g/mol. The quantitative estimate of drug-likeness (QED) is 0.411. The van der Waals surface area contributed by atoms with E-state index in [1.807, 2.05) is 0 Å². The molecule has 0 radical (unpaired) electrons. The van der Waals surface area contributed by atoms with Crippen LogP contribution in [0.25, 0.3) is 0 Å². The standard InChI is InChI=1S/C10H19ClN4O2/c11-1-2-13-9(16)10(17)14-5-8-15-6-3-12-4-7-15/h12H,1-8H2,(H,13,16)(H,14,17). The molecule has 1 rings (SSSR count). The van der Waals surface area contributed by atoms with Gasteiger partial charge in [-0.2, -0.15) is 0 Å². The molecule has 2 amide bonds. The van der Waals surface area contributed by atoms with Gasteiger partial charge in [0.1, 0.15) is 0 Å². The molecule has 0 saturated carbocycles. The summed E-state index contributed by atoms with van der Waals surface area (Å²) in [7, 11) is 0. The number of halogens is 1. The van der Waals surface area contributed by atoms with Gasteiger partial charge in [-0.1, -0.05) is 0 Å². The fourth-order valence-electron chi connectivity index (χ4n) is 1.58. The Kier molecular flexibility index (Phi) is 6.91. The smallest absolute Gasteiger partial charge is 0.309 e. The minimum Gasteiger partial charge on any atom is -0.347 e. The van der Waals surface area contributed by atoms with E-state index in [1.165, 1.54) is 0 Å². The van der Waals surface area contributed by atoms with Crippen molar-refractivity contribution in [1.82, 2.24) is 20.9 Å². The molecule has 0 aromatic rings. The first-order chi connectivity index (χ1) is 8.24. The van der Waals surface area contributed by atoms with E-state index in [-0.39, 0.29) is 0 Å². The van der Waals surface area contributed by atoms with Gasteiger partial charge in [0.2, 0.25) is 0 Å². The topological polar surface area (TPSA) is 73.5 Å². The van der Waals surface area contributed by atoms with E-state index in [4.69, 9.17) is 11.6 Å². The molecule has 1 saturated heterocycles. The zero-order valence-corrected chi connectivity index (χ0v) is 10.6. The summed E-state index contributed by atoms with van der Waals surface area (Å²) < 4.78 is 0. The van der Waals surface area contributed by atoms with Crippen molar-refractivity contribution in [3.8, 4) is 0 Å². The number of hydrogen-bond acceptors (Lipinski definition) is 4. The van der Waals surface area contributed by atoms with Gasteiger partial charge in [-0.05, 0) is 0 Å². The van der Waals surface area contributed by atoms with Crippen molar-refractivity contribution in [3.05, 3.63) is 0 Å². The normalized spacial score (nSPS) is 16.5. The second kappa shape index (κ2) is 8.27. The Labute approximate surface area is 106 Å². The van der Waals surface area contributed by atoms with Crippen molar-refractivity contribution in [1.29, 1.82) is 0 Å². The van der Waals surface area contributed by atoms with Crippen molar-refractivity contribution < 1.29 is 9.59 Å². The third-order valence-corrected chi connectivity index (χ3v) is 2.70. The zero-order valence-electron chi connectivity index (χ0n) is 9.80. The molecule has 1 heterocycles. The molecule has 1 aliphatic rings. The number of carbonyl (C=O) groups is 2. The number of alkyl halides is 1. The minimum absolute atomic E-state index is 0.305. The molecule has 0 bridgehead atoms. The largest absolute Gasteiger partial charge is 0.347 e. The van der Waals surface area contributed by atoms with E-state index in [0.717, 1.165) is 32.7 Å². The number of nitrogens with one attached hydrogen (secondary N) is 3. The Morgan fingerprint density at radius 3 is 2.29 bits per heavy atom. The summed E-state index contributed by atoms with van der Waals surface area (Å²) in [6, 6.07) is 0. The summed E-state index contributed by atoms with van der Waals surface area (Å²) in [5.74, 6) is -0.906. The molecule has 7 heteroatoms. The molecule has 3 N–H and O–H groups in total. The fourth-order valence-corrected chi connectivity index (χ4v) is 1.68. The number of piperazine rings is 1. The lowest BCUT2D eigenvalue weighted by Crippen LogP contribution is -2.48. The van der Waals surface area contributed by atoms with E-state index < -0.39 is 11.8 Å². The van der Waals surface area contributed by atoms with Crippen LogP contribution >= 0.6 is 11.6 Å². The van der Waals surface area contributed by atoms with Crippen LogP contribution < -0.4 is 16.0 Å². The highest BCUT2D eigenvalue weighted by Gasteiger charge is 2.13. The number of nitrogens with zero attached hydrogens (tertiary/aromatic N) is 1. The highest BCUT2D eigenvalue weighted by atomic mass is 35.5. The second-order valence-corrected chi connectivity index (χ2v) is 4.17. The molecule has 0 aromatic carbocycles. The van der Waals surface area contributed by atoms with Crippen molar-refractivity contribution in [2.24, 2.45) is 0 Å². The van der Waals surface area contributed by atoms with Crippen LogP contribution in [-0.4, -0.2) is 68.4 Å². The van der Waals surface area contributed by atoms with Gasteiger partial charge in [-0.3, -0.25) is 14.5 Å².